The van der Waals surface area contributed by atoms with Crippen molar-refractivity contribution in [2.45, 2.75) is 19.4 Å². The molecule has 0 saturated heterocycles. The fourth-order valence-corrected chi connectivity index (χ4v) is 3.60. The fourth-order valence-electron chi connectivity index (χ4n) is 3.60. The Morgan fingerprint density at radius 3 is 2.38 bits per heavy atom. The third-order valence-electron chi connectivity index (χ3n) is 4.83. The van der Waals surface area contributed by atoms with Gasteiger partial charge in [0.1, 0.15) is 5.75 Å². The highest BCUT2D eigenvalue weighted by molar-refractivity contribution is 6.13. The number of nitrogens with zero attached hydrogens (tertiary/aromatic N) is 2. The minimum Gasteiger partial charge on any atom is -0.496 e. The molecule has 26 heavy (non-hydrogen) atoms. The molecule has 130 valence electrons. The van der Waals surface area contributed by atoms with Crippen LogP contribution in [-0.4, -0.2) is 23.7 Å². The summed E-state index contributed by atoms with van der Waals surface area (Å²) in [5.74, 6) is 0.789. The molecule has 0 saturated carbocycles. The third-order valence-corrected chi connectivity index (χ3v) is 4.83. The molecule has 1 aliphatic heterocycles. The van der Waals surface area contributed by atoms with Crippen molar-refractivity contribution < 1.29 is 9.53 Å². The van der Waals surface area contributed by atoms with Crippen LogP contribution in [-0.2, 0) is 4.79 Å². The van der Waals surface area contributed by atoms with Gasteiger partial charge in [0, 0.05) is 24.3 Å². The van der Waals surface area contributed by atoms with Crippen LogP contribution in [0.2, 0.25) is 0 Å². The van der Waals surface area contributed by atoms with E-state index in [1.165, 1.54) is 0 Å². The van der Waals surface area contributed by atoms with E-state index in [4.69, 9.17) is 4.74 Å². The lowest BCUT2D eigenvalue weighted by Crippen LogP contribution is -2.24. The minimum atomic E-state index is -0.0652. The van der Waals surface area contributed by atoms with Crippen molar-refractivity contribution in [2.24, 2.45) is 5.10 Å². The molecule has 0 radical (unpaired) electrons. The van der Waals surface area contributed by atoms with Gasteiger partial charge in [0.15, 0.2) is 0 Å². The van der Waals surface area contributed by atoms with E-state index in [9.17, 15) is 4.79 Å². The van der Waals surface area contributed by atoms with Gasteiger partial charge < -0.3 is 4.74 Å². The van der Waals surface area contributed by atoms with Crippen molar-refractivity contribution in [3.63, 3.8) is 0 Å². The average molecular weight is 344 g/mol. The molecule has 0 aliphatic carbocycles. The van der Waals surface area contributed by atoms with Gasteiger partial charge in [-0.2, -0.15) is 5.10 Å². The Hall–Kier alpha value is -3.14. The van der Waals surface area contributed by atoms with Gasteiger partial charge >= 0.3 is 0 Å². The number of hydrazone groups is 1. The molecule has 1 aliphatic rings. The van der Waals surface area contributed by atoms with Gasteiger partial charge in [-0.15, -0.1) is 0 Å². The maximum atomic E-state index is 12.2. The molecule has 1 atom stereocenters. The second-order valence-corrected chi connectivity index (χ2v) is 6.40. The van der Waals surface area contributed by atoms with Gasteiger partial charge in [-0.3, -0.25) is 4.79 Å². The number of rotatable bonds is 3. The normalized spacial score (nSPS) is 16.6. The number of carbonyl (C=O) groups excluding carboxylic acids is 1. The predicted octanol–water partition coefficient (Wildman–Crippen LogP) is 4.55. The Kier molecular flexibility index (Phi) is 4.17. The number of carbonyl (C=O) groups is 1. The smallest absolute Gasteiger partial charge is 0.240 e. The monoisotopic (exact) mass is 344 g/mol. The summed E-state index contributed by atoms with van der Waals surface area (Å²) in [6.45, 7) is 1.56. The average Bonchev–Trinajstić information content (AvgIpc) is 3.13. The molecule has 3 aromatic rings. The van der Waals surface area contributed by atoms with Gasteiger partial charge in [-0.1, -0.05) is 54.6 Å². The Balaban J connectivity index is 1.81. The van der Waals surface area contributed by atoms with Gasteiger partial charge in [-0.25, -0.2) is 5.01 Å². The second-order valence-electron chi connectivity index (χ2n) is 6.40. The first kappa shape index (κ1) is 16.3. The van der Waals surface area contributed by atoms with E-state index in [-0.39, 0.29) is 11.9 Å². The lowest BCUT2D eigenvalue weighted by molar-refractivity contribution is -0.130. The lowest BCUT2D eigenvalue weighted by Gasteiger charge is -2.20. The van der Waals surface area contributed by atoms with Crippen LogP contribution < -0.4 is 4.74 Å². The number of ether oxygens (including phenoxy) is 1. The van der Waals surface area contributed by atoms with E-state index in [1.807, 2.05) is 60.7 Å². The van der Waals surface area contributed by atoms with E-state index in [0.717, 1.165) is 33.4 Å². The van der Waals surface area contributed by atoms with Crippen molar-refractivity contribution in [3.05, 3.63) is 77.9 Å². The summed E-state index contributed by atoms with van der Waals surface area (Å²) in [7, 11) is 1.68. The number of hydrogen-bond donors (Lipinski definition) is 0. The predicted molar refractivity (Wildman–Crippen MR) is 103 cm³/mol. The van der Waals surface area contributed by atoms with Crippen molar-refractivity contribution in [3.8, 4) is 5.75 Å². The van der Waals surface area contributed by atoms with Crippen molar-refractivity contribution >= 4 is 22.4 Å². The van der Waals surface area contributed by atoms with E-state index in [2.05, 4.69) is 11.2 Å². The highest BCUT2D eigenvalue weighted by atomic mass is 16.5. The Labute approximate surface area is 152 Å². The lowest BCUT2D eigenvalue weighted by atomic mass is 9.95. The summed E-state index contributed by atoms with van der Waals surface area (Å²) in [5, 5.41) is 8.42. The molecule has 0 N–H and O–H groups in total. The summed E-state index contributed by atoms with van der Waals surface area (Å²) in [5.41, 5.74) is 3.07. The molecule has 0 fully saturated rings. The summed E-state index contributed by atoms with van der Waals surface area (Å²) in [6, 6.07) is 22.1. The first-order chi connectivity index (χ1) is 12.7. The molecular formula is C22H20N2O2. The summed E-state index contributed by atoms with van der Waals surface area (Å²) in [4.78, 5) is 12.2. The molecular weight excluding hydrogens is 324 g/mol. The first-order valence-electron chi connectivity index (χ1n) is 8.67. The van der Waals surface area contributed by atoms with Crippen LogP contribution in [0.4, 0.5) is 0 Å². The largest absolute Gasteiger partial charge is 0.496 e. The highest BCUT2D eigenvalue weighted by Gasteiger charge is 2.31. The zero-order chi connectivity index (χ0) is 18.1. The molecule has 0 spiro atoms. The Morgan fingerprint density at radius 1 is 1.00 bits per heavy atom. The van der Waals surface area contributed by atoms with Crippen LogP contribution in [0.3, 0.4) is 0 Å². The summed E-state index contributed by atoms with van der Waals surface area (Å²) < 4.78 is 5.49. The van der Waals surface area contributed by atoms with E-state index in [1.54, 1.807) is 19.0 Å². The molecule has 4 rings (SSSR count). The van der Waals surface area contributed by atoms with Gasteiger partial charge in [0.05, 0.1) is 18.9 Å². The molecule has 1 amide bonds. The zero-order valence-corrected chi connectivity index (χ0v) is 14.8. The molecule has 4 nitrogen and oxygen atoms in total. The topological polar surface area (TPSA) is 41.9 Å². The highest BCUT2D eigenvalue weighted by Crippen LogP contribution is 2.36. The summed E-state index contributed by atoms with van der Waals surface area (Å²) >= 11 is 0. The Morgan fingerprint density at radius 2 is 1.69 bits per heavy atom. The number of amides is 1. The van der Waals surface area contributed by atoms with E-state index >= 15 is 0 Å². The van der Waals surface area contributed by atoms with Crippen LogP contribution in [0.5, 0.6) is 5.75 Å². The molecule has 4 heteroatoms. The zero-order valence-electron chi connectivity index (χ0n) is 14.8. The quantitative estimate of drug-likeness (QED) is 0.700. The number of methoxy groups -OCH3 is 1. The molecule has 3 aromatic carbocycles. The van der Waals surface area contributed by atoms with E-state index in [0.29, 0.717) is 6.42 Å². The van der Waals surface area contributed by atoms with Crippen LogP contribution in [0.1, 0.15) is 30.5 Å². The van der Waals surface area contributed by atoms with Crippen molar-refractivity contribution in [2.75, 3.05) is 7.11 Å². The molecule has 1 heterocycles. The first-order valence-corrected chi connectivity index (χ1v) is 8.67. The van der Waals surface area contributed by atoms with Crippen molar-refractivity contribution in [1.29, 1.82) is 0 Å². The minimum absolute atomic E-state index is 0.0494. The number of benzene rings is 3. The van der Waals surface area contributed by atoms with Crippen LogP contribution >= 0.6 is 0 Å². The maximum Gasteiger partial charge on any atom is 0.240 e. The number of hydrogen-bond acceptors (Lipinski definition) is 3. The summed E-state index contributed by atoms with van der Waals surface area (Å²) in [6.07, 6.45) is 0.694. The molecule has 0 bridgehead atoms. The van der Waals surface area contributed by atoms with Gasteiger partial charge in [0.25, 0.3) is 0 Å². The van der Waals surface area contributed by atoms with Gasteiger partial charge in [0.2, 0.25) is 5.91 Å². The SMILES string of the molecule is COc1ccc(C2=NN(C(C)=O)[C@@H](c3ccccc3)C2)c2ccccc12. The Bertz CT molecular complexity index is 995. The molecule has 0 aromatic heterocycles. The fraction of sp³-hybridized carbons (Fsp3) is 0.182. The number of fused-ring (bicyclic) bond motifs is 1. The van der Waals surface area contributed by atoms with Crippen molar-refractivity contribution in [1.82, 2.24) is 5.01 Å². The van der Waals surface area contributed by atoms with E-state index < -0.39 is 0 Å². The van der Waals surface area contributed by atoms with Gasteiger partial charge in [-0.05, 0) is 23.1 Å². The van der Waals surface area contributed by atoms with Crippen LogP contribution in [0.25, 0.3) is 10.8 Å². The molecule has 0 unspecified atom stereocenters. The van der Waals surface area contributed by atoms with Crippen LogP contribution in [0.15, 0.2) is 71.8 Å². The standard InChI is InChI=1S/C22H20N2O2/c1-15(25)24-21(16-8-4-3-5-9-16)14-20(23-24)18-12-13-22(26-2)19-11-7-6-10-17(18)19/h3-13,21H,14H2,1-2H3/t21-/m1/s1. The third kappa shape index (κ3) is 2.73. The maximum absolute atomic E-state index is 12.2. The van der Waals surface area contributed by atoms with Crippen LogP contribution in [0, 0.1) is 0 Å². The second kappa shape index (κ2) is 6.64.